The largest absolute Gasteiger partial charge is 0.523 e. The summed E-state index contributed by atoms with van der Waals surface area (Å²) in [6.07, 6.45) is -1.16. The lowest BCUT2D eigenvalue weighted by molar-refractivity contribution is -0.234. The second-order valence-electron chi connectivity index (χ2n) is 14.3. The highest BCUT2D eigenvalue weighted by Gasteiger charge is 2.63. The highest BCUT2D eigenvalue weighted by atomic mass is 32.2. The van der Waals surface area contributed by atoms with E-state index in [-0.39, 0.29) is 46.8 Å². The highest BCUT2D eigenvalue weighted by molar-refractivity contribution is 7.87. The van der Waals surface area contributed by atoms with Crippen molar-refractivity contribution in [1.29, 1.82) is 0 Å². The number of aromatic amines is 2. The van der Waals surface area contributed by atoms with Gasteiger partial charge >= 0.3 is 31.3 Å². The van der Waals surface area contributed by atoms with Gasteiger partial charge in [0.1, 0.15) is 23.4 Å². The molecule has 4 aromatic rings. The molecule has 0 aromatic carbocycles. The van der Waals surface area contributed by atoms with E-state index < -0.39 is 67.3 Å². The third-order valence-electron chi connectivity index (χ3n) is 11.0. The Labute approximate surface area is 330 Å². The van der Waals surface area contributed by atoms with Crippen molar-refractivity contribution in [2.24, 2.45) is 11.8 Å². The SMILES string of the molecule is CC[C@]1(COS(=O)(=O)C(F)(F)F)O[C@@H](n2cnc3c(=O)[nH]c(C)nc32)[C@H](OS(=O)(=O)C(F)(F)F)[C@H]1C.CC[C@]12CN(OC)[C@H]([C@H](n3cnc4c(=O)[nH]c(C)nc43)O1)[C@H]2C. The van der Waals surface area contributed by atoms with E-state index in [1.165, 1.54) is 13.8 Å². The first-order chi connectivity index (χ1) is 27.3. The lowest BCUT2D eigenvalue weighted by atomic mass is 9.85. The molecule has 28 heteroatoms. The fourth-order valence-electron chi connectivity index (χ4n) is 7.71. The molecular formula is C31H39F6N9O11S2. The highest BCUT2D eigenvalue weighted by Crippen LogP contribution is 2.52. The third-order valence-corrected chi connectivity index (χ3v) is 13.1. The fraction of sp³-hybridized carbons (Fsp3) is 0.677. The number of fused-ring (bicyclic) bond motifs is 4. The topological polar surface area (TPSA) is 245 Å². The van der Waals surface area contributed by atoms with Crippen molar-refractivity contribution >= 4 is 42.6 Å². The number of hydrogen-bond acceptors (Lipinski definition) is 16. The molecule has 20 nitrogen and oxygen atoms in total. The molecule has 328 valence electrons. The molecule has 2 N–H and O–H groups in total. The average Bonchev–Trinajstić information content (AvgIpc) is 3.93. The minimum atomic E-state index is -6.27. The van der Waals surface area contributed by atoms with E-state index in [1.807, 2.05) is 9.63 Å². The van der Waals surface area contributed by atoms with E-state index in [4.69, 9.17) is 14.3 Å². The number of halogens is 6. The summed E-state index contributed by atoms with van der Waals surface area (Å²) in [5.41, 5.74) is -14.7. The maximum Gasteiger partial charge on any atom is 0.523 e. The van der Waals surface area contributed by atoms with E-state index >= 15 is 0 Å². The van der Waals surface area contributed by atoms with Crippen LogP contribution in [0.1, 0.15) is 64.6 Å². The Morgan fingerprint density at radius 2 is 1.32 bits per heavy atom. The van der Waals surface area contributed by atoms with Crippen molar-refractivity contribution in [2.45, 2.75) is 101 Å². The van der Waals surface area contributed by atoms with Gasteiger partial charge in [0.05, 0.1) is 44.6 Å². The predicted molar refractivity (Wildman–Crippen MR) is 189 cm³/mol. The zero-order chi connectivity index (χ0) is 43.8. The summed E-state index contributed by atoms with van der Waals surface area (Å²) in [7, 11) is -10.7. The monoisotopic (exact) mass is 891 g/mol. The maximum atomic E-state index is 13.1. The molecule has 0 radical (unpaired) electrons. The lowest BCUT2D eigenvalue weighted by Gasteiger charge is -2.36. The van der Waals surface area contributed by atoms with Gasteiger partial charge in [0.2, 0.25) is 0 Å². The summed E-state index contributed by atoms with van der Waals surface area (Å²) >= 11 is 0. The number of ether oxygens (including phenoxy) is 2. The quantitative estimate of drug-likeness (QED) is 0.132. The standard InChI is InChI=1S/C16H18F6N4O8S2.C15H21N5O3/c1-4-14(5-32-35(28,29)15(17,18)19)7(2)10(34-36(30,31)16(20,21)22)13(33-14)26-6-23-9-11(26)24-8(3)25-12(9)27;1-5-15-6-20(22-4)11(8(15)2)14(23-15)19-7-16-10-12(19)17-9(3)18-13(10)21/h6-7,10,13H,4-5H2,1-3H3,(H,24,25,27);7-8,11,14H,5-6H2,1-4H3,(H,17,18,21)/t7-,10-,13-,14-;8-,11+,14-,15-/m11/s1. The average molecular weight is 892 g/mol. The van der Waals surface area contributed by atoms with Crippen molar-refractivity contribution in [2.75, 3.05) is 20.3 Å². The Bertz CT molecular complexity index is 2580. The van der Waals surface area contributed by atoms with Gasteiger partial charge in [-0.15, -0.1) is 0 Å². The van der Waals surface area contributed by atoms with E-state index in [2.05, 4.69) is 52.1 Å². The number of hydroxylamine groups is 2. The molecule has 0 unspecified atom stereocenters. The molecular weight excluding hydrogens is 853 g/mol. The zero-order valence-electron chi connectivity index (χ0n) is 32.2. The molecule has 8 atom stereocenters. The molecule has 0 amide bonds. The molecule has 59 heavy (non-hydrogen) atoms. The molecule has 0 saturated carbocycles. The Morgan fingerprint density at radius 1 is 0.814 bits per heavy atom. The Balaban J connectivity index is 0.000000217. The van der Waals surface area contributed by atoms with Crippen LogP contribution < -0.4 is 11.1 Å². The van der Waals surface area contributed by atoms with Crippen LogP contribution in [0.3, 0.4) is 0 Å². The van der Waals surface area contributed by atoms with Gasteiger partial charge in [-0.2, -0.15) is 48.2 Å². The second kappa shape index (κ2) is 15.1. The van der Waals surface area contributed by atoms with Crippen molar-refractivity contribution in [1.82, 2.24) is 44.1 Å². The maximum absolute atomic E-state index is 13.1. The number of hydrogen-bond donors (Lipinski definition) is 2. The number of nitrogens with one attached hydrogen (secondary N) is 2. The number of nitrogens with zero attached hydrogens (tertiary/aromatic N) is 7. The van der Waals surface area contributed by atoms with E-state index in [0.29, 0.717) is 22.9 Å². The smallest absolute Gasteiger partial charge is 0.348 e. The van der Waals surface area contributed by atoms with Gasteiger partial charge < -0.3 is 24.3 Å². The molecule has 7 heterocycles. The number of morpholine rings is 1. The summed E-state index contributed by atoms with van der Waals surface area (Å²) in [6, 6.07) is 0.0683. The van der Waals surface area contributed by atoms with Crippen LogP contribution in [0.15, 0.2) is 22.2 Å². The van der Waals surface area contributed by atoms with Crippen LogP contribution in [0.4, 0.5) is 26.3 Å². The van der Waals surface area contributed by atoms with Crippen molar-refractivity contribution < 1.29 is 65.9 Å². The number of H-pyrrole nitrogens is 2. The number of alkyl halides is 6. The Hall–Kier alpha value is -4.06. The molecule has 3 aliphatic rings. The summed E-state index contributed by atoms with van der Waals surface area (Å²) < 4.78 is 147. The molecule has 4 aromatic heterocycles. The fourth-order valence-corrected chi connectivity index (χ4v) is 8.86. The Morgan fingerprint density at radius 3 is 1.76 bits per heavy atom. The van der Waals surface area contributed by atoms with E-state index in [9.17, 15) is 52.8 Å². The molecule has 0 spiro atoms. The van der Waals surface area contributed by atoms with Gasteiger partial charge in [-0.25, -0.2) is 19.9 Å². The van der Waals surface area contributed by atoms with Gasteiger partial charge in [-0.1, -0.05) is 27.7 Å². The van der Waals surface area contributed by atoms with Gasteiger partial charge in [0, 0.05) is 11.8 Å². The molecule has 7 rings (SSSR count). The molecule has 3 fully saturated rings. The van der Waals surface area contributed by atoms with Gasteiger partial charge in [0.25, 0.3) is 11.1 Å². The summed E-state index contributed by atoms with van der Waals surface area (Å²) in [5, 5.41) is 1.98. The number of aromatic nitrogens is 8. The predicted octanol–water partition coefficient (Wildman–Crippen LogP) is 2.83. The van der Waals surface area contributed by atoms with Crippen molar-refractivity contribution in [3.63, 3.8) is 0 Å². The Kier molecular flexibility index (Phi) is 11.4. The number of imidazole rings is 2. The van der Waals surface area contributed by atoms with Crippen molar-refractivity contribution in [3.8, 4) is 0 Å². The van der Waals surface area contributed by atoms with Crippen LogP contribution in [0, 0.1) is 25.7 Å². The van der Waals surface area contributed by atoms with Crippen molar-refractivity contribution in [3.05, 3.63) is 45.0 Å². The number of aryl methyl sites for hydroxylation is 2. The minimum Gasteiger partial charge on any atom is -0.348 e. The first-order valence-electron chi connectivity index (χ1n) is 17.8. The first kappa shape index (κ1) is 44.5. The summed E-state index contributed by atoms with van der Waals surface area (Å²) in [5.74, 6) is -0.595. The van der Waals surface area contributed by atoms with Crippen LogP contribution in [0.25, 0.3) is 22.3 Å². The summed E-state index contributed by atoms with van der Waals surface area (Å²) in [6.45, 7) is 9.20. The van der Waals surface area contributed by atoms with Crippen LogP contribution in [0.2, 0.25) is 0 Å². The normalized spacial score (nSPS) is 29.1. The first-order valence-corrected chi connectivity index (χ1v) is 20.6. The van der Waals surface area contributed by atoms with Crippen LogP contribution in [-0.2, 0) is 42.9 Å². The van der Waals surface area contributed by atoms with Crippen LogP contribution in [0.5, 0.6) is 0 Å². The summed E-state index contributed by atoms with van der Waals surface area (Å²) in [4.78, 5) is 51.2. The third kappa shape index (κ3) is 7.54. The van der Waals surface area contributed by atoms with Gasteiger partial charge in [-0.3, -0.25) is 27.1 Å². The molecule has 0 aliphatic carbocycles. The van der Waals surface area contributed by atoms with E-state index in [0.717, 1.165) is 30.8 Å². The van der Waals surface area contributed by atoms with Crippen LogP contribution >= 0.6 is 0 Å². The number of rotatable bonds is 10. The molecule has 2 bridgehead atoms. The van der Waals surface area contributed by atoms with Gasteiger partial charge in [-0.05, 0) is 26.7 Å². The molecule has 3 saturated heterocycles. The lowest BCUT2D eigenvalue weighted by Crippen LogP contribution is -2.44. The minimum absolute atomic E-state index is 0.0297. The van der Waals surface area contributed by atoms with E-state index in [1.54, 1.807) is 20.4 Å². The van der Waals surface area contributed by atoms with Crippen LogP contribution in [-0.4, -0.2) is 116 Å². The van der Waals surface area contributed by atoms with Gasteiger partial charge in [0.15, 0.2) is 34.8 Å². The molecule has 3 aliphatic heterocycles. The second-order valence-corrected chi connectivity index (χ2v) is 17.4. The zero-order valence-corrected chi connectivity index (χ0v) is 33.8.